The highest BCUT2D eigenvalue weighted by atomic mass is 79.9. The van der Waals surface area contributed by atoms with Crippen LogP contribution in [-0.4, -0.2) is 40.1 Å². The van der Waals surface area contributed by atoms with Gasteiger partial charge >= 0.3 is 0 Å². The van der Waals surface area contributed by atoms with Crippen molar-refractivity contribution in [3.63, 3.8) is 0 Å². The molecular formula is C9H9BrN2O2. The molecule has 1 aliphatic rings. The van der Waals surface area contributed by atoms with Crippen LogP contribution in [0.25, 0.3) is 0 Å². The number of aromatic nitrogens is 1. The number of hydrogen-bond donors (Lipinski definition) is 1. The highest BCUT2D eigenvalue weighted by Gasteiger charge is 2.29. The van der Waals surface area contributed by atoms with Gasteiger partial charge in [-0.1, -0.05) is 0 Å². The third-order valence-corrected chi connectivity index (χ3v) is 2.57. The first-order chi connectivity index (χ1) is 6.66. The van der Waals surface area contributed by atoms with Crippen LogP contribution in [0.4, 0.5) is 0 Å². The molecule has 0 spiro atoms. The first kappa shape index (κ1) is 9.61. The number of amides is 1. The Morgan fingerprint density at radius 2 is 2.29 bits per heavy atom. The Balaban J connectivity index is 2.08. The predicted octanol–water partition coefficient (Wildman–Crippen LogP) is 0.661. The molecule has 4 nitrogen and oxygen atoms in total. The van der Waals surface area contributed by atoms with E-state index in [0.717, 1.165) is 4.47 Å². The number of β-amino-alcohol motifs (C(OH)–C–C–N with tert-alkyl or cyclic N) is 1. The lowest BCUT2D eigenvalue weighted by Crippen LogP contribution is -2.53. The van der Waals surface area contributed by atoms with Crippen LogP contribution in [0.15, 0.2) is 22.8 Å². The summed E-state index contributed by atoms with van der Waals surface area (Å²) in [6.45, 7) is 0.827. The standard InChI is InChI=1S/C9H9BrN2O2/c10-6-1-2-8(11-3-6)9(14)12-4-7(13)5-12/h1-3,7,13H,4-5H2. The zero-order valence-corrected chi connectivity index (χ0v) is 8.94. The molecule has 74 valence electrons. The van der Waals surface area contributed by atoms with Crippen LogP contribution < -0.4 is 0 Å². The normalized spacial score (nSPS) is 16.6. The van der Waals surface area contributed by atoms with Crippen LogP contribution in [0.2, 0.25) is 0 Å². The van der Waals surface area contributed by atoms with Gasteiger partial charge in [0.15, 0.2) is 0 Å². The highest BCUT2D eigenvalue weighted by Crippen LogP contribution is 2.13. The van der Waals surface area contributed by atoms with Crippen molar-refractivity contribution in [2.75, 3.05) is 13.1 Å². The molecule has 1 saturated heterocycles. The van der Waals surface area contributed by atoms with E-state index in [0.29, 0.717) is 18.8 Å². The van der Waals surface area contributed by atoms with Gasteiger partial charge in [-0.25, -0.2) is 4.98 Å². The smallest absolute Gasteiger partial charge is 0.272 e. The lowest BCUT2D eigenvalue weighted by Gasteiger charge is -2.35. The number of aliphatic hydroxyl groups is 1. The quantitative estimate of drug-likeness (QED) is 0.804. The van der Waals surface area contributed by atoms with Crippen LogP contribution in [0.1, 0.15) is 10.5 Å². The Morgan fingerprint density at radius 3 is 2.79 bits per heavy atom. The van der Waals surface area contributed by atoms with Gasteiger partial charge in [0, 0.05) is 23.8 Å². The summed E-state index contributed by atoms with van der Waals surface area (Å²) in [7, 11) is 0. The Kier molecular flexibility index (Phi) is 2.52. The van der Waals surface area contributed by atoms with Gasteiger partial charge in [-0.15, -0.1) is 0 Å². The van der Waals surface area contributed by atoms with E-state index in [2.05, 4.69) is 20.9 Å². The number of halogens is 1. The van der Waals surface area contributed by atoms with E-state index in [9.17, 15) is 4.79 Å². The average Bonchev–Trinajstić information content (AvgIpc) is 2.13. The first-order valence-electron chi connectivity index (χ1n) is 4.26. The van der Waals surface area contributed by atoms with Crippen molar-refractivity contribution in [2.24, 2.45) is 0 Å². The molecular weight excluding hydrogens is 248 g/mol. The number of carbonyl (C=O) groups excluding carboxylic acids is 1. The van der Waals surface area contributed by atoms with Gasteiger partial charge < -0.3 is 10.0 Å². The van der Waals surface area contributed by atoms with Crippen molar-refractivity contribution in [1.29, 1.82) is 0 Å². The maximum Gasteiger partial charge on any atom is 0.272 e. The average molecular weight is 257 g/mol. The van der Waals surface area contributed by atoms with Crippen molar-refractivity contribution in [3.8, 4) is 0 Å². The van der Waals surface area contributed by atoms with Crippen molar-refractivity contribution < 1.29 is 9.90 Å². The third kappa shape index (κ3) is 1.78. The summed E-state index contributed by atoms with van der Waals surface area (Å²) >= 11 is 3.24. The SMILES string of the molecule is O=C(c1ccc(Br)cn1)N1CC(O)C1. The van der Waals surface area contributed by atoms with E-state index >= 15 is 0 Å². The highest BCUT2D eigenvalue weighted by molar-refractivity contribution is 9.10. The molecule has 2 heterocycles. The molecule has 1 aliphatic heterocycles. The second-order valence-electron chi connectivity index (χ2n) is 3.23. The fourth-order valence-corrected chi connectivity index (χ4v) is 1.52. The maximum absolute atomic E-state index is 11.6. The molecule has 5 heteroatoms. The lowest BCUT2D eigenvalue weighted by molar-refractivity contribution is 0.00550. The minimum absolute atomic E-state index is 0.122. The van der Waals surface area contributed by atoms with E-state index in [4.69, 9.17) is 5.11 Å². The molecule has 0 atom stereocenters. The van der Waals surface area contributed by atoms with Crippen molar-refractivity contribution >= 4 is 21.8 Å². The van der Waals surface area contributed by atoms with Crippen molar-refractivity contribution in [2.45, 2.75) is 6.10 Å². The fraction of sp³-hybridized carbons (Fsp3) is 0.333. The predicted molar refractivity (Wildman–Crippen MR) is 53.8 cm³/mol. The molecule has 2 rings (SSSR count). The van der Waals surface area contributed by atoms with E-state index in [1.54, 1.807) is 23.2 Å². The molecule has 1 aromatic heterocycles. The summed E-state index contributed by atoms with van der Waals surface area (Å²) < 4.78 is 0.845. The summed E-state index contributed by atoms with van der Waals surface area (Å²) in [6.07, 6.45) is 1.22. The molecule has 1 aromatic rings. The summed E-state index contributed by atoms with van der Waals surface area (Å²) in [5, 5.41) is 9.04. The minimum atomic E-state index is -0.366. The van der Waals surface area contributed by atoms with Crippen LogP contribution in [0.5, 0.6) is 0 Å². The molecule has 14 heavy (non-hydrogen) atoms. The van der Waals surface area contributed by atoms with Gasteiger partial charge in [0.05, 0.1) is 6.10 Å². The monoisotopic (exact) mass is 256 g/mol. The van der Waals surface area contributed by atoms with Crippen LogP contribution in [0, 0.1) is 0 Å². The summed E-state index contributed by atoms with van der Waals surface area (Å²) in [5.74, 6) is -0.122. The summed E-state index contributed by atoms with van der Waals surface area (Å²) in [4.78, 5) is 17.2. The van der Waals surface area contributed by atoms with Crippen LogP contribution >= 0.6 is 15.9 Å². The largest absolute Gasteiger partial charge is 0.389 e. The lowest BCUT2D eigenvalue weighted by atomic mass is 10.1. The molecule has 0 bridgehead atoms. The minimum Gasteiger partial charge on any atom is -0.389 e. The van der Waals surface area contributed by atoms with Crippen molar-refractivity contribution in [1.82, 2.24) is 9.88 Å². The zero-order chi connectivity index (χ0) is 10.1. The van der Waals surface area contributed by atoms with Crippen LogP contribution in [-0.2, 0) is 0 Å². The number of hydrogen-bond acceptors (Lipinski definition) is 3. The van der Waals surface area contributed by atoms with Gasteiger partial charge in [-0.2, -0.15) is 0 Å². The van der Waals surface area contributed by atoms with Gasteiger partial charge in [-0.05, 0) is 28.1 Å². The Bertz CT molecular complexity index is 346. The number of nitrogens with zero attached hydrogens (tertiary/aromatic N) is 2. The number of pyridine rings is 1. The van der Waals surface area contributed by atoms with Gasteiger partial charge in [0.2, 0.25) is 0 Å². The van der Waals surface area contributed by atoms with Gasteiger partial charge in [0.25, 0.3) is 5.91 Å². The summed E-state index contributed by atoms with van der Waals surface area (Å²) in [6, 6.07) is 3.44. The molecule has 1 N–H and O–H groups in total. The second-order valence-corrected chi connectivity index (χ2v) is 4.14. The second kappa shape index (κ2) is 3.67. The fourth-order valence-electron chi connectivity index (χ4n) is 1.29. The molecule has 0 radical (unpaired) electrons. The Labute approximate surface area is 89.7 Å². The molecule has 0 unspecified atom stereocenters. The number of carbonyl (C=O) groups is 1. The van der Waals surface area contributed by atoms with Crippen LogP contribution in [0.3, 0.4) is 0 Å². The molecule has 0 saturated carbocycles. The molecule has 1 fully saturated rings. The zero-order valence-electron chi connectivity index (χ0n) is 7.35. The number of rotatable bonds is 1. The molecule has 0 aromatic carbocycles. The third-order valence-electron chi connectivity index (χ3n) is 2.10. The van der Waals surface area contributed by atoms with E-state index < -0.39 is 0 Å². The van der Waals surface area contributed by atoms with Crippen molar-refractivity contribution in [3.05, 3.63) is 28.5 Å². The van der Waals surface area contributed by atoms with E-state index in [1.807, 2.05) is 0 Å². The topological polar surface area (TPSA) is 53.4 Å². The summed E-state index contributed by atoms with van der Waals surface area (Å²) in [5.41, 5.74) is 0.417. The Hall–Kier alpha value is -0.940. The Morgan fingerprint density at radius 1 is 1.57 bits per heavy atom. The van der Waals surface area contributed by atoms with Gasteiger partial charge in [-0.3, -0.25) is 4.79 Å². The molecule has 1 amide bonds. The van der Waals surface area contributed by atoms with E-state index in [-0.39, 0.29) is 12.0 Å². The number of likely N-dealkylation sites (tertiary alicyclic amines) is 1. The first-order valence-corrected chi connectivity index (χ1v) is 5.05. The van der Waals surface area contributed by atoms with E-state index in [1.165, 1.54) is 0 Å². The number of aliphatic hydroxyl groups excluding tert-OH is 1. The maximum atomic E-state index is 11.6. The molecule has 0 aliphatic carbocycles. The van der Waals surface area contributed by atoms with Gasteiger partial charge in [0.1, 0.15) is 5.69 Å².